The zero-order valence-electron chi connectivity index (χ0n) is 13.5. The molecule has 0 aromatic heterocycles. The normalized spacial score (nSPS) is 28.1. The SMILES string of the molecule is CC(C)CO[C@H]1COC[C@H](N)C(=O)OC[C@@H]1OCC(C)C. The van der Waals surface area contributed by atoms with Crippen molar-refractivity contribution in [2.24, 2.45) is 17.6 Å². The molecule has 0 radical (unpaired) electrons. The van der Waals surface area contributed by atoms with Crippen LogP contribution < -0.4 is 5.73 Å². The first-order valence-corrected chi connectivity index (χ1v) is 7.63. The number of hydrogen-bond acceptors (Lipinski definition) is 6. The average Bonchev–Trinajstić information content (AvgIpc) is 2.47. The fourth-order valence-corrected chi connectivity index (χ4v) is 1.81. The molecule has 1 aliphatic rings. The molecule has 1 fully saturated rings. The molecule has 0 aromatic rings. The van der Waals surface area contributed by atoms with Gasteiger partial charge in [0.25, 0.3) is 0 Å². The van der Waals surface area contributed by atoms with E-state index in [1.54, 1.807) is 0 Å². The first kappa shape index (κ1) is 18.4. The van der Waals surface area contributed by atoms with Gasteiger partial charge in [-0.25, -0.2) is 0 Å². The second-order valence-electron chi connectivity index (χ2n) is 6.31. The molecule has 1 rings (SSSR count). The van der Waals surface area contributed by atoms with Gasteiger partial charge in [0.15, 0.2) is 0 Å². The topological polar surface area (TPSA) is 80.0 Å². The lowest BCUT2D eigenvalue weighted by Gasteiger charge is -2.27. The van der Waals surface area contributed by atoms with Gasteiger partial charge in [-0.05, 0) is 11.8 Å². The first-order chi connectivity index (χ1) is 9.90. The van der Waals surface area contributed by atoms with Gasteiger partial charge < -0.3 is 24.7 Å². The van der Waals surface area contributed by atoms with Gasteiger partial charge in [0, 0.05) is 13.2 Å². The van der Waals surface area contributed by atoms with Gasteiger partial charge >= 0.3 is 5.97 Å². The van der Waals surface area contributed by atoms with E-state index in [4.69, 9.17) is 24.7 Å². The zero-order chi connectivity index (χ0) is 15.8. The summed E-state index contributed by atoms with van der Waals surface area (Å²) >= 11 is 0. The fourth-order valence-electron chi connectivity index (χ4n) is 1.81. The van der Waals surface area contributed by atoms with Gasteiger partial charge in [0.1, 0.15) is 24.9 Å². The number of cyclic esters (lactones) is 1. The van der Waals surface area contributed by atoms with Crippen molar-refractivity contribution in [1.29, 1.82) is 0 Å². The van der Waals surface area contributed by atoms with Gasteiger partial charge in [-0.1, -0.05) is 27.7 Å². The van der Waals surface area contributed by atoms with Gasteiger partial charge in [-0.2, -0.15) is 0 Å². The third-order valence-corrected chi connectivity index (χ3v) is 2.97. The minimum Gasteiger partial charge on any atom is -0.462 e. The van der Waals surface area contributed by atoms with Gasteiger partial charge in [-0.3, -0.25) is 4.79 Å². The highest BCUT2D eigenvalue weighted by Crippen LogP contribution is 2.12. The second-order valence-corrected chi connectivity index (χ2v) is 6.31. The van der Waals surface area contributed by atoms with Crippen LogP contribution in [0.25, 0.3) is 0 Å². The van der Waals surface area contributed by atoms with Crippen LogP contribution in [0.4, 0.5) is 0 Å². The summed E-state index contributed by atoms with van der Waals surface area (Å²) in [6.45, 7) is 10.1. The summed E-state index contributed by atoms with van der Waals surface area (Å²) in [5.41, 5.74) is 5.67. The smallest absolute Gasteiger partial charge is 0.325 e. The van der Waals surface area contributed by atoms with E-state index in [-0.39, 0.29) is 25.4 Å². The Hall–Kier alpha value is -0.690. The van der Waals surface area contributed by atoms with Crippen LogP contribution in [0, 0.1) is 11.8 Å². The Bertz CT molecular complexity index is 308. The van der Waals surface area contributed by atoms with Crippen molar-refractivity contribution in [2.45, 2.75) is 45.9 Å². The molecule has 0 aromatic carbocycles. The van der Waals surface area contributed by atoms with E-state index < -0.39 is 12.0 Å². The van der Waals surface area contributed by atoms with E-state index in [0.29, 0.717) is 31.7 Å². The standard InChI is InChI=1S/C15H29NO5/c1-10(2)5-19-13-8-18-7-12(16)15(17)21-9-14(13)20-6-11(3)4/h10-14H,5-9,16H2,1-4H3/t12-,13-,14-/m0/s1. The number of esters is 1. The van der Waals surface area contributed by atoms with Crippen molar-refractivity contribution in [2.75, 3.05) is 33.0 Å². The maximum Gasteiger partial charge on any atom is 0.325 e. The lowest BCUT2D eigenvalue weighted by molar-refractivity contribution is -0.155. The highest BCUT2D eigenvalue weighted by molar-refractivity contribution is 5.75. The van der Waals surface area contributed by atoms with Crippen LogP contribution >= 0.6 is 0 Å². The quantitative estimate of drug-likeness (QED) is 0.737. The molecule has 1 saturated heterocycles. The molecule has 6 nitrogen and oxygen atoms in total. The van der Waals surface area contributed by atoms with Crippen LogP contribution in [-0.2, 0) is 23.7 Å². The highest BCUT2D eigenvalue weighted by atomic mass is 16.6. The maximum atomic E-state index is 11.7. The van der Waals surface area contributed by atoms with E-state index in [1.165, 1.54) is 0 Å². The molecule has 21 heavy (non-hydrogen) atoms. The Balaban J connectivity index is 2.67. The third-order valence-electron chi connectivity index (χ3n) is 2.97. The fraction of sp³-hybridized carbons (Fsp3) is 0.933. The number of carbonyl (C=O) groups is 1. The molecule has 2 N–H and O–H groups in total. The van der Waals surface area contributed by atoms with E-state index in [1.807, 2.05) is 0 Å². The Morgan fingerprint density at radius 1 is 1.05 bits per heavy atom. The summed E-state index contributed by atoms with van der Waals surface area (Å²) in [6, 6.07) is -0.750. The van der Waals surface area contributed by atoms with Crippen molar-refractivity contribution in [1.82, 2.24) is 0 Å². The first-order valence-electron chi connectivity index (χ1n) is 7.63. The Morgan fingerprint density at radius 2 is 1.57 bits per heavy atom. The number of ether oxygens (including phenoxy) is 4. The molecule has 124 valence electrons. The van der Waals surface area contributed by atoms with E-state index in [9.17, 15) is 4.79 Å². The molecule has 0 unspecified atom stereocenters. The summed E-state index contributed by atoms with van der Waals surface area (Å²) in [6.07, 6.45) is -0.593. The molecule has 0 saturated carbocycles. The molecule has 1 aliphatic heterocycles. The minimum absolute atomic E-state index is 0.136. The summed E-state index contributed by atoms with van der Waals surface area (Å²) in [5.74, 6) is 0.341. The average molecular weight is 303 g/mol. The largest absolute Gasteiger partial charge is 0.462 e. The monoisotopic (exact) mass is 303 g/mol. The zero-order valence-corrected chi connectivity index (χ0v) is 13.5. The number of rotatable bonds is 6. The molecule has 3 atom stereocenters. The highest BCUT2D eigenvalue weighted by Gasteiger charge is 2.29. The number of hydrogen-bond donors (Lipinski definition) is 1. The van der Waals surface area contributed by atoms with Gasteiger partial charge in [0.2, 0.25) is 0 Å². The Kier molecular flexibility index (Phi) is 8.18. The maximum absolute atomic E-state index is 11.7. The van der Waals surface area contributed by atoms with Gasteiger partial charge in [-0.15, -0.1) is 0 Å². The molecule has 1 heterocycles. The summed E-state index contributed by atoms with van der Waals surface area (Å²) < 4.78 is 22.4. The van der Waals surface area contributed by atoms with Crippen LogP contribution in [0.2, 0.25) is 0 Å². The van der Waals surface area contributed by atoms with Crippen molar-refractivity contribution in [3.05, 3.63) is 0 Å². The van der Waals surface area contributed by atoms with Crippen LogP contribution in [0.15, 0.2) is 0 Å². The lowest BCUT2D eigenvalue weighted by Crippen LogP contribution is -2.40. The second kappa shape index (κ2) is 9.35. The van der Waals surface area contributed by atoms with Crippen molar-refractivity contribution >= 4 is 5.97 Å². The van der Waals surface area contributed by atoms with Crippen molar-refractivity contribution < 1.29 is 23.7 Å². The van der Waals surface area contributed by atoms with Crippen LogP contribution in [0.5, 0.6) is 0 Å². The minimum atomic E-state index is -0.750. The van der Waals surface area contributed by atoms with Crippen LogP contribution in [0.1, 0.15) is 27.7 Å². The number of nitrogens with two attached hydrogens (primary N) is 1. The third kappa shape index (κ3) is 7.22. The van der Waals surface area contributed by atoms with Crippen LogP contribution in [0.3, 0.4) is 0 Å². The van der Waals surface area contributed by atoms with Crippen molar-refractivity contribution in [3.8, 4) is 0 Å². The van der Waals surface area contributed by atoms with E-state index >= 15 is 0 Å². The molecule has 0 aliphatic carbocycles. The Labute approximate surface area is 127 Å². The molecule has 0 spiro atoms. The molecule has 0 amide bonds. The van der Waals surface area contributed by atoms with Gasteiger partial charge in [0.05, 0.1) is 13.2 Å². The van der Waals surface area contributed by atoms with E-state index in [0.717, 1.165) is 0 Å². The summed E-state index contributed by atoms with van der Waals surface area (Å²) in [4.78, 5) is 11.7. The Morgan fingerprint density at radius 3 is 2.10 bits per heavy atom. The summed E-state index contributed by atoms with van der Waals surface area (Å²) in [5, 5.41) is 0. The molecule has 6 heteroatoms. The van der Waals surface area contributed by atoms with E-state index in [2.05, 4.69) is 27.7 Å². The van der Waals surface area contributed by atoms with Crippen molar-refractivity contribution in [3.63, 3.8) is 0 Å². The molecule has 0 bridgehead atoms. The predicted octanol–water partition coefficient (Wildman–Crippen LogP) is 0.970. The molecular weight excluding hydrogens is 274 g/mol. The molecular formula is C15H29NO5. The number of carbonyl (C=O) groups excluding carboxylic acids is 1. The predicted molar refractivity (Wildman–Crippen MR) is 78.9 cm³/mol. The van der Waals surface area contributed by atoms with Crippen LogP contribution in [-0.4, -0.2) is 57.3 Å². The lowest BCUT2D eigenvalue weighted by atomic mass is 10.2. The summed E-state index contributed by atoms with van der Waals surface area (Å²) in [7, 11) is 0.